The Morgan fingerprint density at radius 2 is 1.70 bits per heavy atom. The van der Waals surface area contributed by atoms with Gasteiger partial charge in [0.15, 0.2) is 9.84 Å². The summed E-state index contributed by atoms with van der Waals surface area (Å²) in [5.74, 6) is -1.73. The summed E-state index contributed by atoms with van der Waals surface area (Å²) < 4.78 is 33.0. The molecule has 200 valence electrons. The summed E-state index contributed by atoms with van der Waals surface area (Å²) in [7, 11) is -3.59. The lowest BCUT2D eigenvalue weighted by molar-refractivity contribution is -0.184. The van der Waals surface area contributed by atoms with Crippen molar-refractivity contribution < 1.29 is 27.9 Å². The second kappa shape index (κ2) is 10.9. The zero-order valence-electron chi connectivity index (χ0n) is 20.9. The lowest BCUT2D eigenvalue weighted by Crippen LogP contribution is -2.59. The van der Waals surface area contributed by atoms with Gasteiger partial charge in [-0.3, -0.25) is 9.59 Å². The lowest BCUT2D eigenvalue weighted by Gasteiger charge is -2.49. The molecule has 2 aliphatic rings. The lowest BCUT2D eigenvalue weighted by atomic mass is 9.88. The van der Waals surface area contributed by atoms with Crippen LogP contribution in [0.1, 0.15) is 63.3 Å². The average Bonchev–Trinajstić information content (AvgIpc) is 3.66. The first-order valence-electron chi connectivity index (χ1n) is 12.3. The molecule has 0 spiro atoms. The molecule has 2 fully saturated rings. The normalized spacial score (nSPS) is 24.2. The largest absolute Gasteiger partial charge is 0.481 e. The van der Waals surface area contributed by atoms with Gasteiger partial charge in [0.05, 0.1) is 29.0 Å². The molecule has 1 aliphatic heterocycles. The van der Waals surface area contributed by atoms with E-state index in [1.54, 1.807) is 68.1 Å². The second-order valence-electron chi connectivity index (χ2n) is 10.1. The van der Waals surface area contributed by atoms with Crippen molar-refractivity contribution in [1.29, 1.82) is 0 Å². The molecule has 7 nitrogen and oxygen atoms in total. The first kappa shape index (κ1) is 27.9. The number of ether oxygens (including phenoxy) is 1. The number of nitrogens with zero attached hydrogens (tertiary/aromatic N) is 1. The van der Waals surface area contributed by atoms with Crippen LogP contribution in [0.2, 0.25) is 10.0 Å². The molecule has 0 unspecified atom stereocenters. The van der Waals surface area contributed by atoms with E-state index in [9.17, 15) is 23.1 Å². The van der Waals surface area contributed by atoms with E-state index in [-0.39, 0.29) is 5.92 Å². The second-order valence-corrected chi connectivity index (χ2v) is 13.8. The van der Waals surface area contributed by atoms with E-state index in [1.807, 2.05) is 6.07 Å². The number of carboxylic acids is 1. The molecule has 5 atom stereocenters. The van der Waals surface area contributed by atoms with Gasteiger partial charge < -0.3 is 14.7 Å². The van der Waals surface area contributed by atoms with Gasteiger partial charge in [-0.05, 0) is 74.9 Å². The molecule has 0 radical (unpaired) electrons. The van der Waals surface area contributed by atoms with Crippen LogP contribution in [0.3, 0.4) is 0 Å². The number of amides is 1. The van der Waals surface area contributed by atoms with Gasteiger partial charge >= 0.3 is 5.97 Å². The topological polar surface area (TPSA) is 101 Å². The third-order valence-electron chi connectivity index (χ3n) is 7.26. The maximum absolute atomic E-state index is 14.0. The minimum Gasteiger partial charge on any atom is -0.481 e. The number of benzene rings is 2. The van der Waals surface area contributed by atoms with Gasteiger partial charge in [-0.15, -0.1) is 0 Å². The third-order valence-corrected chi connectivity index (χ3v) is 10.4. The van der Waals surface area contributed by atoms with E-state index < -0.39 is 62.9 Å². The van der Waals surface area contributed by atoms with Crippen LogP contribution in [-0.2, 0) is 24.2 Å². The Morgan fingerprint density at radius 3 is 2.24 bits per heavy atom. The summed E-state index contributed by atoms with van der Waals surface area (Å²) >= 11 is 12.5. The van der Waals surface area contributed by atoms with Gasteiger partial charge in [-0.25, -0.2) is 8.42 Å². The van der Waals surface area contributed by atoms with E-state index in [1.165, 1.54) is 0 Å². The van der Waals surface area contributed by atoms with Crippen LogP contribution in [0.25, 0.3) is 0 Å². The smallest absolute Gasteiger partial charge is 0.306 e. The van der Waals surface area contributed by atoms with E-state index in [4.69, 9.17) is 27.9 Å². The summed E-state index contributed by atoms with van der Waals surface area (Å²) in [6, 6.07) is 12.6. The maximum Gasteiger partial charge on any atom is 0.306 e. The van der Waals surface area contributed by atoms with Crippen LogP contribution < -0.4 is 0 Å². The number of hydrogen-bond donors (Lipinski definition) is 1. The van der Waals surface area contributed by atoms with Crippen LogP contribution >= 0.6 is 23.2 Å². The third kappa shape index (κ3) is 5.82. The Bertz CT molecular complexity index is 1260. The number of hydrogen-bond acceptors (Lipinski definition) is 5. The molecular formula is C27H31Cl2NO6S. The minimum absolute atomic E-state index is 0.0223. The Balaban J connectivity index is 1.93. The van der Waals surface area contributed by atoms with Crippen molar-refractivity contribution in [3.63, 3.8) is 0 Å². The Labute approximate surface area is 227 Å². The van der Waals surface area contributed by atoms with E-state index in [0.717, 1.165) is 12.8 Å². The van der Waals surface area contributed by atoms with E-state index in [0.29, 0.717) is 21.2 Å². The molecule has 1 heterocycles. The summed E-state index contributed by atoms with van der Waals surface area (Å²) in [4.78, 5) is 27.3. The zero-order valence-corrected chi connectivity index (χ0v) is 23.2. The highest BCUT2D eigenvalue weighted by atomic mass is 35.5. The van der Waals surface area contributed by atoms with Crippen molar-refractivity contribution in [3.05, 3.63) is 69.7 Å². The fraction of sp³-hybridized carbons (Fsp3) is 0.481. The monoisotopic (exact) mass is 567 g/mol. The molecular weight excluding hydrogens is 537 g/mol. The predicted molar refractivity (Wildman–Crippen MR) is 142 cm³/mol. The molecule has 1 aliphatic carbocycles. The number of aliphatic carboxylic acids is 1. The molecule has 0 bridgehead atoms. The first-order valence-corrected chi connectivity index (χ1v) is 14.7. The molecule has 4 rings (SSSR count). The number of carbonyl (C=O) groups excluding carboxylic acids is 1. The summed E-state index contributed by atoms with van der Waals surface area (Å²) in [6.07, 6.45) is -1.03. The summed E-state index contributed by atoms with van der Waals surface area (Å²) in [5.41, 5.74) is 1.37. The number of halogens is 2. The van der Waals surface area contributed by atoms with Crippen LogP contribution in [0, 0.1) is 5.92 Å². The first-order chi connectivity index (χ1) is 17.4. The van der Waals surface area contributed by atoms with Gasteiger partial charge in [-0.2, -0.15) is 0 Å². The number of sulfone groups is 1. The number of morpholine rings is 1. The number of carboxylic acid groups (broad SMARTS) is 1. The molecule has 0 aromatic heterocycles. The standard InChI is InChI=1S/C27H31Cl2NO6S/c1-15(2)37(34,35)16(3)24(17-7-8-17)30-25(18-9-11-20(28)12-10-18)26(19-5-4-6-21(29)13-19)36-22(27(30)33)14-23(31)32/h4-6,9-13,15-17,22,24-26H,7-8,14H2,1-3H3,(H,31,32)/t16-,22+,24-,25-,26-/m1/s1. The molecule has 2 aromatic carbocycles. The van der Waals surface area contributed by atoms with Crippen LogP contribution in [0.5, 0.6) is 0 Å². The highest BCUT2D eigenvalue weighted by molar-refractivity contribution is 7.92. The van der Waals surface area contributed by atoms with Crippen molar-refractivity contribution in [2.45, 2.75) is 74.8 Å². The SMILES string of the molecule is CC(C)S(=O)(=O)[C@H](C)[C@H](C1CC1)N1C(=O)[C@H](CC(=O)O)O[C@H](c2cccc(Cl)c2)[C@H]1c1ccc(Cl)cc1. The molecule has 37 heavy (non-hydrogen) atoms. The molecule has 2 aromatic rings. The minimum atomic E-state index is -3.59. The van der Waals surface area contributed by atoms with Gasteiger partial charge in [0.1, 0.15) is 12.2 Å². The van der Waals surface area contributed by atoms with Gasteiger partial charge in [0.2, 0.25) is 0 Å². The quantitative estimate of drug-likeness (QED) is 0.431. The molecule has 10 heteroatoms. The van der Waals surface area contributed by atoms with E-state index >= 15 is 0 Å². The number of rotatable bonds is 9. The van der Waals surface area contributed by atoms with Crippen molar-refractivity contribution in [3.8, 4) is 0 Å². The van der Waals surface area contributed by atoms with Gasteiger partial charge in [0, 0.05) is 10.0 Å². The van der Waals surface area contributed by atoms with E-state index in [2.05, 4.69) is 0 Å². The predicted octanol–water partition coefficient (Wildman–Crippen LogP) is 5.47. The zero-order chi connectivity index (χ0) is 27.1. The fourth-order valence-electron chi connectivity index (χ4n) is 5.22. The van der Waals surface area contributed by atoms with Crippen molar-refractivity contribution in [1.82, 2.24) is 4.90 Å². The Morgan fingerprint density at radius 1 is 1.05 bits per heavy atom. The van der Waals surface area contributed by atoms with Crippen molar-refractivity contribution in [2.24, 2.45) is 5.92 Å². The fourth-order valence-corrected chi connectivity index (χ4v) is 7.15. The van der Waals surface area contributed by atoms with Crippen LogP contribution in [-0.4, -0.2) is 52.9 Å². The molecule has 1 saturated carbocycles. The van der Waals surface area contributed by atoms with Crippen LogP contribution in [0.4, 0.5) is 0 Å². The van der Waals surface area contributed by atoms with Gasteiger partial charge in [-0.1, -0.05) is 47.5 Å². The highest BCUT2D eigenvalue weighted by Gasteiger charge is 2.54. The molecule has 1 amide bonds. The van der Waals surface area contributed by atoms with Crippen molar-refractivity contribution in [2.75, 3.05) is 0 Å². The maximum atomic E-state index is 14.0. The highest BCUT2D eigenvalue weighted by Crippen LogP contribution is 2.49. The average molecular weight is 569 g/mol. The molecule has 1 N–H and O–H groups in total. The molecule has 1 saturated heterocycles. The van der Waals surface area contributed by atoms with Crippen LogP contribution in [0.15, 0.2) is 48.5 Å². The van der Waals surface area contributed by atoms with Gasteiger partial charge in [0.25, 0.3) is 5.91 Å². The Hall–Kier alpha value is -2.13. The summed E-state index contributed by atoms with van der Waals surface area (Å²) in [6.45, 7) is 4.92. The van der Waals surface area contributed by atoms with Crippen molar-refractivity contribution >= 4 is 44.9 Å². The summed E-state index contributed by atoms with van der Waals surface area (Å²) in [5, 5.41) is 9.05. The Kier molecular flexibility index (Phi) is 8.24. The number of carbonyl (C=O) groups is 2.